The summed E-state index contributed by atoms with van der Waals surface area (Å²) in [6.45, 7) is 1.49. The highest BCUT2D eigenvalue weighted by atomic mass is 16.5. The molecule has 6 nitrogen and oxygen atoms in total. The third kappa shape index (κ3) is 5.59. The summed E-state index contributed by atoms with van der Waals surface area (Å²) >= 11 is 0. The number of hydrogen-bond donors (Lipinski definition) is 1. The minimum atomic E-state index is -0.616. The van der Waals surface area contributed by atoms with E-state index in [4.69, 9.17) is 14.2 Å². The van der Waals surface area contributed by atoms with Crippen LogP contribution >= 0.6 is 0 Å². The molecule has 1 amide bonds. The first-order chi connectivity index (χ1) is 14.0. The van der Waals surface area contributed by atoms with Gasteiger partial charge in [-0.1, -0.05) is 30.3 Å². The molecule has 0 heterocycles. The molecule has 3 aromatic rings. The lowest BCUT2D eigenvalue weighted by Gasteiger charge is -2.11. The van der Waals surface area contributed by atoms with Gasteiger partial charge in [-0.25, -0.2) is 4.79 Å². The monoisotopic (exact) mass is 391 g/mol. The number of para-hydroxylation sites is 1. The van der Waals surface area contributed by atoms with Crippen molar-refractivity contribution in [3.63, 3.8) is 0 Å². The van der Waals surface area contributed by atoms with Gasteiger partial charge in [0.05, 0.1) is 18.4 Å². The first kappa shape index (κ1) is 19.9. The second-order valence-corrected chi connectivity index (χ2v) is 6.27. The van der Waals surface area contributed by atoms with Crippen molar-refractivity contribution in [2.45, 2.75) is 6.92 Å². The Morgan fingerprint density at radius 1 is 0.897 bits per heavy atom. The number of rotatable bonds is 7. The van der Waals surface area contributed by atoms with Crippen LogP contribution in [0, 0.1) is 6.92 Å². The molecule has 1 N–H and O–H groups in total. The molecule has 6 heteroatoms. The maximum Gasteiger partial charge on any atom is 0.338 e. The van der Waals surface area contributed by atoms with E-state index in [0.29, 0.717) is 28.5 Å². The summed E-state index contributed by atoms with van der Waals surface area (Å²) in [4.78, 5) is 24.5. The van der Waals surface area contributed by atoms with Gasteiger partial charge in [0, 0.05) is 0 Å². The van der Waals surface area contributed by atoms with Crippen LogP contribution in [-0.2, 0) is 9.53 Å². The molecule has 0 spiro atoms. The highest BCUT2D eigenvalue weighted by molar-refractivity contribution is 5.96. The number of carbonyl (C=O) groups excluding carboxylic acids is 2. The normalized spacial score (nSPS) is 10.1. The van der Waals surface area contributed by atoms with Crippen molar-refractivity contribution in [2.24, 2.45) is 0 Å². The number of aryl methyl sites for hydroxylation is 1. The van der Waals surface area contributed by atoms with Crippen LogP contribution in [0.15, 0.2) is 72.8 Å². The molecule has 0 aliphatic rings. The molecule has 0 fully saturated rings. The average molecular weight is 391 g/mol. The molecular formula is C23H21NO5. The Morgan fingerprint density at radius 2 is 1.66 bits per heavy atom. The molecule has 148 valence electrons. The summed E-state index contributed by atoms with van der Waals surface area (Å²) in [6, 6.07) is 21.2. The zero-order chi connectivity index (χ0) is 20.6. The number of hydrogen-bond acceptors (Lipinski definition) is 5. The Morgan fingerprint density at radius 3 is 2.41 bits per heavy atom. The maximum absolute atomic E-state index is 12.3. The van der Waals surface area contributed by atoms with E-state index in [1.807, 2.05) is 43.3 Å². The number of anilines is 1. The van der Waals surface area contributed by atoms with E-state index in [1.54, 1.807) is 36.4 Å². The molecule has 29 heavy (non-hydrogen) atoms. The zero-order valence-electron chi connectivity index (χ0n) is 16.2. The lowest BCUT2D eigenvalue weighted by Crippen LogP contribution is -2.21. The minimum absolute atomic E-state index is 0.291. The van der Waals surface area contributed by atoms with Crippen LogP contribution in [0.1, 0.15) is 15.9 Å². The first-order valence-electron chi connectivity index (χ1n) is 9.00. The van der Waals surface area contributed by atoms with Gasteiger partial charge in [0.15, 0.2) is 6.61 Å². The number of ether oxygens (including phenoxy) is 3. The molecule has 0 aromatic heterocycles. The van der Waals surface area contributed by atoms with Gasteiger partial charge in [0.25, 0.3) is 5.91 Å². The van der Waals surface area contributed by atoms with Crippen molar-refractivity contribution >= 4 is 17.6 Å². The molecule has 3 aromatic carbocycles. The van der Waals surface area contributed by atoms with Crippen LogP contribution in [0.4, 0.5) is 5.69 Å². The van der Waals surface area contributed by atoms with Crippen LogP contribution in [0.3, 0.4) is 0 Å². The number of amides is 1. The Hall–Kier alpha value is -3.80. The quantitative estimate of drug-likeness (QED) is 0.596. The Labute approximate surface area is 169 Å². The number of carbonyl (C=O) groups is 2. The summed E-state index contributed by atoms with van der Waals surface area (Å²) in [5.74, 6) is 0.610. The summed E-state index contributed by atoms with van der Waals surface area (Å²) in [7, 11) is 1.52. The molecule has 0 aliphatic carbocycles. The lowest BCUT2D eigenvalue weighted by atomic mass is 10.2. The molecule has 0 aliphatic heterocycles. The van der Waals surface area contributed by atoms with Gasteiger partial charge in [-0.05, 0) is 55.0 Å². The summed E-state index contributed by atoms with van der Waals surface area (Å²) in [5, 5.41) is 2.69. The van der Waals surface area contributed by atoms with E-state index in [0.717, 1.165) is 5.56 Å². The standard InChI is InChI=1S/C23H21NO5/c1-16-11-12-21(27-2)20(13-16)24-22(25)15-28-23(26)17-7-6-10-19(14-17)29-18-8-4-3-5-9-18/h3-14H,15H2,1-2H3,(H,24,25). The van der Waals surface area contributed by atoms with E-state index in [1.165, 1.54) is 7.11 Å². The van der Waals surface area contributed by atoms with Crippen LogP contribution in [-0.4, -0.2) is 25.6 Å². The second kappa shape index (κ2) is 9.41. The highest BCUT2D eigenvalue weighted by Gasteiger charge is 2.13. The van der Waals surface area contributed by atoms with Crippen molar-refractivity contribution in [3.05, 3.63) is 83.9 Å². The highest BCUT2D eigenvalue weighted by Crippen LogP contribution is 2.25. The van der Waals surface area contributed by atoms with Crippen LogP contribution in [0.25, 0.3) is 0 Å². The van der Waals surface area contributed by atoms with Crippen LogP contribution in [0.2, 0.25) is 0 Å². The fourth-order valence-corrected chi connectivity index (χ4v) is 2.63. The van der Waals surface area contributed by atoms with Gasteiger partial charge in [0.2, 0.25) is 0 Å². The van der Waals surface area contributed by atoms with Gasteiger partial charge in [-0.2, -0.15) is 0 Å². The van der Waals surface area contributed by atoms with Gasteiger partial charge in [0.1, 0.15) is 17.2 Å². The van der Waals surface area contributed by atoms with Crippen molar-refractivity contribution in [1.29, 1.82) is 0 Å². The molecule has 3 rings (SSSR count). The molecule has 0 radical (unpaired) electrons. The molecule has 0 saturated heterocycles. The summed E-state index contributed by atoms with van der Waals surface area (Å²) < 4.78 is 16.1. The van der Waals surface area contributed by atoms with Crippen molar-refractivity contribution in [1.82, 2.24) is 0 Å². The summed E-state index contributed by atoms with van der Waals surface area (Å²) in [6.07, 6.45) is 0. The van der Waals surface area contributed by atoms with E-state index in [-0.39, 0.29) is 0 Å². The lowest BCUT2D eigenvalue weighted by molar-refractivity contribution is -0.119. The Bertz CT molecular complexity index is 1000. The zero-order valence-corrected chi connectivity index (χ0v) is 16.2. The minimum Gasteiger partial charge on any atom is -0.495 e. The van der Waals surface area contributed by atoms with Crippen molar-refractivity contribution in [2.75, 3.05) is 19.0 Å². The molecule has 0 bridgehead atoms. The molecule has 0 saturated carbocycles. The smallest absolute Gasteiger partial charge is 0.338 e. The van der Waals surface area contributed by atoms with E-state index >= 15 is 0 Å². The number of benzene rings is 3. The van der Waals surface area contributed by atoms with Crippen molar-refractivity contribution < 1.29 is 23.8 Å². The molecule has 0 unspecified atom stereocenters. The summed E-state index contributed by atoms with van der Waals surface area (Å²) in [5.41, 5.74) is 1.78. The fourth-order valence-electron chi connectivity index (χ4n) is 2.63. The Balaban J connectivity index is 1.59. The third-order valence-electron chi connectivity index (χ3n) is 4.01. The topological polar surface area (TPSA) is 73.9 Å². The largest absolute Gasteiger partial charge is 0.495 e. The van der Waals surface area contributed by atoms with Gasteiger partial charge in [-0.15, -0.1) is 0 Å². The number of esters is 1. The number of nitrogens with one attached hydrogen (secondary N) is 1. The van der Waals surface area contributed by atoms with E-state index in [2.05, 4.69) is 5.32 Å². The Kier molecular flexibility index (Phi) is 6.47. The predicted octanol–water partition coefficient (Wildman–Crippen LogP) is 4.59. The van der Waals surface area contributed by atoms with Crippen molar-refractivity contribution in [3.8, 4) is 17.2 Å². The van der Waals surface area contributed by atoms with Crippen LogP contribution < -0.4 is 14.8 Å². The first-order valence-corrected chi connectivity index (χ1v) is 9.00. The average Bonchev–Trinajstić information content (AvgIpc) is 2.73. The number of methoxy groups -OCH3 is 1. The molecule has 0 atom stereocenters. The van der Waals surface area contributed by atoms with Crippen LogP contribution in [0.5, 0.6) is 17.2 Å². The van der Waals surface area contributed by atoms with Gasteiger partial charge >= 0.3 is 5.97 Å². The van der Waals surface area contributed by atoms with Gasteiger partial charge in [-0.3, -0.25) is 4.79 Å². The van der Waals surface area contributed by atoms with Gasteiger partial charge < -0.3 is 19.5 Å². The fraction of sp³-hybridized carbons (Fsp3) is 0.130. The SMILES string of the molecule is COc1ccc(C)cc1NC(=O)COC(=O)c1cccc(Oc2ccccc2)c1. The van der Waals surface area contributed by atoms with E-state index in [9.17, 15) is 9.59 Å². The second-order valence-electron chi connectivity index (χ2n) is 6.27. The maximum atomic E-state index is 12.3. The van der Waals surface area contributed by atoms with E-state index < -0.39 is 18.5 Å². The predicted molar refractivity (Wildman–Crippen MR) is 110 cm³/mol. The molecular weight excluding hydrogens is 370 g/mol. The third-order valence-corrected chi connectivity index (χ3v) is 4.01.